The topological polar surface area (TPSA) is 67.9 Å². The molecule has 6 heteroatoms. The smallest absolute Gasteiger partial charge is 0.264 e. The maximum atomic E-state index is 12.6. The minimum Gasteiger partial charge on any atom is -0.482 e. The van der Waals surface area contributed by atoms with Gasteiger partial charge >= 0.3 is 0 Å². The third-order valence-corrected chi connectivity index (χ3v) is 3.83. The molecular weight excluding hydrogens is 314 g/mol. The van der Waals surface area contributed by atoms with Gasteiger partial charge in [-0.25, -0.2) is 0 Å². The van der Waals surface area contributed by atoms with Crippen LogP contribution >= 0.6 is 11.6 Å². The molecule has 0 saturated heterocycles. The molecule has 0 spiro atoms. The number of nitrogens with zero attached hydrogens (tertiary/aromatic N) is 2. The maximum absolute atomic E-state index is 12.6. The Kier molecular flexibility index (Phi) is 4.48. The van der Waals surface area contributed by atoms with E-state index in [1.54, 1.807) is 35.4 Å². The molecule has 1 heterocycles. The lowest BCUT2D eigenvalue weighted by Crippen LogP contribution is -2.36. The van der Waals surface area contributed by atoms with Crippen molar-refractivity contribution in [1.82, 2.24) is 0 Å². The molecule has 118 valence electrons. The van der Waals surface area contributed by atoms with Crippen LogP contribution in [0.2, 0.25) is 5.02 Å². The number of nitrogen functional groups attached to an aromatic ring is 1. The van der Waals surface area contributed by atoms with E-state index in [4.69, 9.17) is 22.1 Å². The molecular formula is C17H16ClN3O2. The van der Waals surface area contributed by atoms with E-state index in [0.717, 1.165) is 11.3 Å². The number of para-hydroxylation sites is 1. The predicted octanol–water partition coefficient (Wildman–Crippen LogP) is 2.77. The van der Waals surface area contributed by atoms with Gasteiger partial charge in [-0.3, -0.25) is 9.79 Å². The summed E-state index contributed by atoms with van der Waals surface area (Å²) in [5.74, 6) is 0.340. The standard InChI is InChI=1S/C17H16ClN3O2/c18-14-3-1-2-4-16(14)23-11-17(22)21-8-7-20-10-12-9-13(19)5-6-15(12)21/h1-6,9-10H,7-8,11,19H2. The molecule has 5 nitrogen and oxygen atoms in total. The number of fused-ring (bicyclic) bond motifs is 1. The van der Waals surface area contributed by atoms with Gasteiger partial charge in [0.25, 0.3) is 5.91 Å². The second kappa shape index (κ2) is 6.71. The first-order chi connectivity index (χ1) is 11.1. The fourth-order valence-corrected chi connectivity index (χ4v) is 2.59. The van der Waals surface area contributed by atoms with Crippen molar-refractivity contribution in [3.63, 3.8) is 0 Å². The monoisotopic (exact) mass is 329 g/mol. The number of rotatable bonds is 3. The van der Waals surface area contributed by atoms with Gasteiger partial charge in [0.2, 0.25) is 0 Å². The first-order valence-corrected chi connectivity index (χ1v) is 7.60. The second-order valence-electron chi connectivity index (χ2n) is 5.12. The zero-order chi connectivity index (χ0) is 16.2. The molecule has 2 aromatic carbocycles. The zero-order valence-electron chi connectivity index (χ0n) is 12.4. The molecule has 0 unspecified atom stereocenters. The van der Waals surface area contributed by atoms with Crippen LogP contribution in [-0.4, -0.2) is 31.8 Å². The molecule has 0 fully saturated rings. The van der Waals surface area contributed by atoms with Crippen LogP contribution in [0.1, 0.15) is 5.56 Å². The number of benzodiazepines with no additional fused rings is 1. The normalized spacial score (nSPS) is 13.3. The third-order valence-electron chi connectivity index (χ3n) is 3.51. The number of nitrogens with two attached hydrogens (primary N) is 1. The summed E-state index contributed by atoms with van der Waals surface area (Å²) in [6, 6.07) is 12.5. The molecule has 0 saturated carbocycles. The lowest BCUT2D eigenvalue weighted by atomic mass is 10.1. The van der Waals surface area contributed by atoms with E-state index in [2.05, 4.69) is 4.99 Å². The Balaban J connectivity index is 1.77. The Morgan fingerprint density at radius 1 is 1.30 bits per heavy atom. The highest BCUT2D eigenvalue weighted by Crippen LogP contribution is 2.25. The number of halogens is 1. The molecule has 2 N–H and O–H groups in total. The van der Waals surface area contributed by atoms with Gasteiger partial charge in [0, 0.05) is 24.0 Å². The largest absolute Gasteiger partial charge is 0.482 e. The van der Waals surface area contributed by atoms with E-state index in [1.165, 1.54) is 0 Å². The van der Waals surface area contributed by atoms with Crippen LogP contribution in [0.25, 0.3) is 0 Å². The van der Waals surface area contributed by atoms with Gasteiger partial charge in [-0.1, -0.05) is 23.7 Å². The van der Waals surface area contributed by atoms with E-state index < -0.39 is 0 Å². The number of ether oxygens (including phenoxy) is 1. The van der Waals surface area contributed by atoms with E-state index in [9.17, 15) is 4.79 Å². The van der Waals surface area contributed by atoms with Gasteiger partial charge in [0.1, 0.15) is 5.75 Å². The van der Waals surface area contributed by atoms with Crippen molar-refractivity contribution >= 4 is 35.1 Å². The number of amides is 1. The van der Waals surface area contributed by atoms with Gasteiger partial charge in [-0.15, -0.1) is 0 Å². The molecule has 2 aromatic rings. The number of benzene rings is 2. The molecule has 0 aliphatic carbocycles. The van der Waals surface area contributed by atoms with Gasteiger partial charge in [0.05, 0.1) is 17.3 Å². The molecule has 0 atom stereocenters. The van der Waals surface area contributed by atoms with Crippen LogP contribution in [0.4, 0.5) is 11.4 Å². The number of aliphatic imine (C=N–C) groups is 1. The van der Waals surface area contributed by atoms with Crippen molar-refractivity contribution in [2.24, 2.45) is 4.99 Å². The Hall–Kier alpha value is -2.53. The average Bonchev–Trinajstić information content (AvgIpc) is 2.75. The Morgan fingerprint density at radius 2 is 2.13 bits per heavy atom. The van der Waals surface area contributed by atoms with Crippen molar-refractivity contribution in [1.29, 1.82) is 0 Å². The van der Waals surface area contributed by atoms with Crippen LogP contribution in [0, 0.1) is 0 Å². The fourth-order valence-electron chi connectivity index (χ4n) is 2.40. The van der Waals surface area contributed by atoms with E-state index in [1.807, 2.05) is 18.2 Å². The Morgan fingerprint density at radius 3 is 2.96 bits per heavy atom. The summed E-state index contributed by atoms with van der Waals surface area (Å²) in [4.78, 5) is 18.5. The number of hydrogen-bond acceptors (Lipinski definition) is 4. The highest BCUT2D eigenvalue weighted by atomic mass is 35.5. The predicted molar refractivity (Wildman–Crippen MR) is 92.6 cm³/mol. The first kappa shape index (κ1) is 15.4. The molecule has 1 aliphatic heterocycles. The summed E-state index contributed by atoms with van der Waals surface area (Å²) >= 11 is 6.03. The molecule has 1 amide bonds. The van der Waals surface area contributed by atoms with Gasteiger partial charge in [-0.2, -0.15) is 0 Å². The highest BCUT2D eigenvalue weighted by molar-refractivity contribution is 6.32. The van der Waals surface area contributed by atoms with Gasteiger partial charge in [-0.05, 0) is 30.3 Å². The van der Waals surface area contributed by atoms with Crippen LogP contribution < -0.4 is 15.4 Å². The van der Waals surface area contributed by atoms with Gasteiger partial charge < -0.3 is 15.4 Å². The first-order valence-electron chi connectivity index (χ1n) is 7.22. The van der Waals surface area contributed by atoms with Crippen LogP contribution in [-0.2, 0) is 4.79 Å². The quantitative estimate of drug-likeness (QED) is 0.880. The molecule has 1 aliphatic rings. The maximum Gasteiger partial charge on any atom is 0.264 e. The minimum atomic E-state index is -0.151. The summed E-state index contributed by atoms with van der Waals surface area (Å²) in [6.45, 7) is 0.943. The van der Waals surface area contributed by atoms with Crippen molar-refractivity contribution in [2.45, 2.75) is 0 Å². The SMILES string of the molecule is Nc1ccc2c(c1)C=NCCN2C(=O)COc1ccccc1Cl. The fraction of sp³-hybridized carbons (Fsp3) is 0.176. The number of carbonyl (C=O) groups excluding carboxylic acids is 1. The minimum absolute atomic E-state index is 0.0897. The van der Waals surface area contributed by atoms with Crippen molar-refractivity contribution in [3.05, 3.63) is 53.1 Å². The number of carbonyl (C=O) groups is 1. The second-order valence-corrected chi connectivity index (χ2v) is 5.53. The summed E-state index contributed by atoms with van der Waals surface area (Å²) in [5, 5.41) is 0.479. The number of anilines is 2. The summed E-state index contributed by atoms with van der Waals surface area (Å²) in [5.41, 5.74) is 8.05. The summed E-state index contributed by atoms with van der Waals surface area (Å²) in [7, 11) is 0. The summed E-state index contributed by atoms with van der Waals surface area (Å²) < 4.78 is 5.54. The van der Waals surface area contributed by atoms with Crippen molar-refractivity contribution in [3.8, 4) is 5.75 Å². The average molecular weight is 330 g/mol. The highest BCUT2D eigenvalue weighted by Gasteiger charge is 2.20. The lowest BCUT2D eigenvalue weighted by Gasteiger charge is -2.22. The summed E-state index contributed by atoms with van der Waals surface area (Å²) in [6.07, 6.45) is 1.74. The Labute approximate surface area is 139 Å². The molecule has 0 radical (unpaired) electrons. The van der Waals surface area contributed by atoms with Gasteiger partial charge in [0.15, 0.2) is 6.61 Å². The zero-order valence-corrected chi connectivity index (χ0v) is 13.2. The Bertz CT molecular complexity index is 761. The molecule has 3 rings (SSSR count). The lowest BCUT2D eigenvalue weighted by molar-refractivity contribution is -0.120. The van der Waals surface area contributed by atoms with Crippen molar-refractivity contribution < 1.29 is 9.53 Å². The van der Waals surface area contributed by atoms with Crippen LogP contribution in [0.3, 0.4) is 0 Å². The molecule has 0 bridgehead atoms. The van der Waals surface area contributed by atoms with Crippen LogP contribution in [0.15, 0.2) is 47.5 Å². The van der Waals surface area contributed by atoms with E-state index in [0.29, 0.717) is 29.5 Å². The van der Waals surface area contributed by atoms with Crippen molar-refractivity contribution in [2.75, 3.05) is 30.3 Å². The molecule has 0 aromatic heterocycles. The van der Waals surface area contributed by atoms with E-state index in [-0.39, 0.29) is 12.5 Å². The van der Waals surface area contributed by atoms with E-state index >= 15 is 0 Å². The molecule has 23 heavy (non-hydrogen) atoms. The number of hydrogen-bond donors (Lipinski definition) is 1. The van der Waals surface area contributed by atoms with Crippen LogP contribution in [0.5, 0.6) is 5.75 Å². The third kappa shape index (κ3) is 3.46.